The number of rotatable bonds is 6. The van der Waals surface area contributed by atoms with Gasteiger partial charge in [-0.15, -0.1) is 0 Å². The second-order valence-corrected chi connectivity index (χ2v) is 7.94. The van der Waals surface area contributed by atoms with Crippen molar-refractivity contribution >= 4 is 17.6 Å². The van der Waals surface area contributed by atoms with Crippen LogP contribution in [0.2, 0.25) is 0 Å². The number of ether oxygens (including phenoxy) is 1. The van der Waals surface area contributed by atoms with Crippen LogP contribution in [0.4, 0.5) is 5.69 Å². The van der Waals surface area contributed by atoms with Crippen molar-refractivity contribution < 1.29 is 9.53 Å². The molecule has 1 aromatic rings. The van der Waals surface area contributed by atoms with Gasteiger partial charge in [-0.05, 0) is 30.5 Å². The van der Waals surface area contributed by atoms with E-state index in [9.17, 15) is 4.79 Å². The number of nitrogens with one attached hydrogen (secondary N) is 2. The minimum Gasteiger partial charge on any atom is -0.379 e. The van der Waals surface area contributed by atoms with Gasteiger partial charge in [0.05, 0.1) is 13.2 Å². The summed E-state index contributed by atoms with van der Waals surface area (Å²) in [5, 5.41) is 6.49. The van der Waals surface area contributed by atoms with Crippen LogP contribution >= 0.6 is 0 Å². The minimum atomic E-state index is 0.0187. The molecule has 7 nitrogen and oxygen atoms in total. The third-order valence-electron chi connectivity index (χ3n) is 5.94. The molecule has 2 unspecified atom stereocenters. The second-order valence-electron chi connectivity index (χ2n) is 7.94. The van der Waals surface area contributed by atoms with Crippen molar-refractivity contribution in [3.05, 3.63) is 29.8 Å². The van der Waals surface area contributed by atoms with Crippen molar-refractivity contribution in [3.63, 3.8) is 0 Å². The van der Waals surface area contributed by atoms with E-state index in [-0.39, 0.29) is 11.8 Å². The highest BCUT2D eigenvalue weighted by atomic mass is 16.5. The molecule has 2 aliphatic heterocycles. The highest BCUT2D eigenvalue weighted by Crippen LogP contribution is 2.18. The van der Waals surface area contributed by atoms with E-state index in [1.54, 1.807) is 0 Å². The molecule has 0 bridgehead atoms. The first kappa shape index (κ1) is 21.6. The number of carbonyl (C=O) groups is 1. The second kappa shape index (κ2) is 10.6. The molecule has 0 aliphatic carbocycles. The number of anilines is 1. The smallest absolute Gasteiger partial charge is 0.227 e. The average Bonchev–Trinajstić information content (AvgIpc) is 3.24. The quantitative estimate of drug-likeness (QED) is 0.565. The zero-order valence-electron chi connectivity index (χ0n) is 18.0. The number of amides is 1. The van der Waals surface area contributed by atoms with Gasteiger partial charge in [0.1, 0.15) is 0 Å². The molecule has 2 saturated heterocycles. The molecular weight excluding hydrogens is 366 g/mol. The summed E-state index contributed by atoms with van der Waals surface area (Å²) in [6, 6.07) is 8.60. The first-order valence-electron chi connectivity index (χ1n) is 10.8. The molecule has 0 saturated carbocycles. The fourth-order valence-corrected chi connectivity index (χ4v) is 3.90. The molecule has 2 atom stereocenters. The van der Waals surface area contributed by atoms with Crippen molar-refractivity contribution in [3.8, 4) is 0 Å². The number of hydrogen-bond donors (Lipinski definition) is 2. The molecule has 29 heavy (non-hydrogen) atoms. The number of benzene rings is 1. The van der Waals surface area contributed by atoms with Gasteiger partial charge in [0.2, 0.25) is 5.91 Å². The summed E-state index contributed by atoms with van der Waals surface area (Å²) in [4.78, 5) is 21.5. The number of nitrogens with zero attached hydrogens (tertiary/aromatic N) is 3. The van der Waals surface area contributed by atoms with Gasteiger partial charge >= 0.3 is 0 Å². The van der Waals surface area contributed by atoms with Crippen LogP contribution in [0.1, 0.15) is 32.3 Å². The van der Waals surface area contributed by atoms with Crippen molar-refractivity contribution in [2.45, 2.75) is 39.3 Å². The molecule has 2 N–H and O–H groups in total. The van der Waals surface area contributed by atoms with Gasteiger partial charge in [0, 0.05) is 57.4 Å². The van der Waals surface area contributed by atoms with Crippen LogP contribution in [-0.4, -0.2) is 74.1 Å². The monoisotopic (exact) mass is 401 g/mol. The van der Waals surface area contributed by atoms with Gasteiger partial charge in [-0.25, -0.2) is 0 Å². The Kier molecular flexibility index (Phi) is 7.89. The van der Waals surface area contributed by atoms with Gasteiger partial charge in [0.25, 0.3) is 0 Å². The molecule has 160 valence electrons. The summed E-state index contributed by atoms with van der Waals surface area (Å²) in [5.41, 5.74) is 1.97. The molecule has 2 aliphatic rings. The normalized spacial score (nSPS) is 21.8. The maximum Gasteiger partial charge on any atom is 0.227 e. The molecule has 1 amide bonds. The van der Waals surface area contributed by atoms with Crippen molar-refractivity contribution in [1.82, 2.24) is 15.1 Å². The lowest BCUT2D eigenvalue weighted by molar-refractivity contribution is -0.119. The Bertz CT molecular complexity index is 702. The van der Waals surface area contributed by atoms with Crippen LogP contribution in [0, 0.1) is 5.92 Å². The Morgan fingerprint density at radius 1 is 1.31 bits per heavy atom. The largest absolute Gasteiger partial charge is 0.379 e. The molecule has 0 radical (unpaired) electrons. The van der Waals surface area contributed by atoms with Gasteiger partial charge in [-0.1, -0.05) is 26.0 Å². The summed E-state index contributed by atoms with van der Waals surface area (Å²) in [6.07, 6.45) is 2.00. The first-order chi connectivity index (χ1) is 14.1. The Labute approximate surface area is 174 Å². The maximum atomic E-state index is 12.1. The summed E-state index contributed by atoms with van der Waals surface area (Å²) >= 11 is 0. The summed E-state index contributed by atoms with van der Waals surface area (Å²) < 4.78 is 5.48. The van der Waals surface area contributed by atoms with Crippen molar-refractivity contribution in [2.75, 3.05) is 51.8 Å². The highest BCUT2D eigenvalue weighted by molar-refractivity contribution is 5.92. The van der Waals surface area contributed by atoms with E-state index in [0.29, 0.717) is 12.6 Å². The Hall–Kier alpha value is -2.12. The molecule has 2 heterocycles. The predicted octanol–water partition coefficient (Wildman–Crippen LogP) is 2.15. The minimum absolute atomic E-state index is 0.0187. The average molecular weight is 402 g/mol. The standard InChI is InChI=1S/C22H35N5O2/c1-4-17(2)21(28)25-19-7-5-6-18(14-19)15-24-22(23-3)27-9-8-20(16-27)26-10-12-29-13-11-26/h5-7,14,17,20H,4,8-13,15-16H2,1-3H3,(H,23,24)(H,25,28). The lowest BCUT2D eigenvalue weighted by Crippen LogP contribution is -2.46. The van der Waals surface area contributed by atoms with E-state index in [1.807, 2.05) is 39.1 Å². The number of guanidine groups is 1. The lowest BCUT2D eigenvalue weighted by Gasteiger charge is -2.32. The summed E-state index contributed by atoms with van der Waals surface area (Å²) in [7, 11) is 1.84. The molecule has 0 spiro atoms. The molecule has 2 fully saturated rings. The molecular formula is C22H35N5O2. The zero-order valence-corrected chi connectivity index (χ0v) is 18.0. The van der Waals surface area contributed by atoms with Crippen LogP contribution in [0.25, 0.3) is 0 Å². The topological polar surface area (TPSA) is 69.2 Å². The fraction of sp³-hybridized carbons (Fsp3) is 0.636. The molecule has 7 heteroatoms. The zero-order chi connectivity index (χ0) is 20.6. The van der Waals surface area contributed by atoms with E-state index in [1.165, 1.54) is 0 Å². The van der Waals surface area contributed by atoms with E-state index in [2.05, 4.69) is 31.5 Å². The van der Waals surface area contributed by atoms with E-state index >= 15 is 0 Å². The van der Waals surface area contributed by atoms with E-state index in [0.717, 1.165) is 69.4 Å². The Balaban J connectivity index is 1.52. The third kappa shape index (κ3) is 5.93. The van der Waals surface area contributed by atoms with Crippen molar-refractivity contribution in [1.29, 1.82) is 0 Å². The van der Waals surface area contributed by atoms with Gasteiger partial charge in [-0.2, -0.15) is 0 Å². The van der Waals surface area contributed by atoms with E-state index in [4.69, 9.17) is 4.74 Å². The van der Waals surface area contributed by atoms with E-state index < -0.39 is 0 Å². The van der Waals surface area contributed by atoms with Crippen LogP contribution in [-0.2, 0) is 16.1 Å². The lowest BCUT2D eigenvalue weighted by atomic mass is 10.1. The Morgan fingerprint density at radius 2 is 2.10 bits per heavy atom. The predicted molar refractivity (Wildman–Crippen MR) is 117 cm³/mol. The van der Waals surface area contributed by atoms with Gasteiger partial charge < -0.3 is 20.3 Å². The van der Waals surface area contributed by atoms with Crippen molar-refractivity contribution in [2.24, 2.45) is 10.9 Å². The van der Waals surface area contributed by atoms with Crippen LogP contribution in [0.3, 0.4) is 0 Å². The number of morpholine rings is 1. The number of carbonyl (C=O) groups excluding carboxylic acids is 1. The van der Waals surface area contributed by atoms with Crippen LogP contribution in [0.15, 0.2) is 29.3 Å². The fourth-order valence-electron chi connectivity index (χ4n) is 3.90. The molecule has 0 aromatic heterocycles. The number of aliphatic imine (C=N–C) groups is 1. The number of likely N-dealkylation sites (tertiary alicyclic amines) is 1. The maximum absolute atomic E-state index is 12.1. The van der Waals surface area contributed by atoms with Gasteiger partial charge in [0.15, 0.2) is 5.96 Å². The SMILES string of the molecule is CCC(C)C(=O)Nc1cccc(CNC(=NC)N2CCC(N3CCOCC3)C2)c1. The number of hydrogen-bond acceptors (Lipinski definition) is 4. The summed E-state index contributed by atoms with van der Waals surface area (Å²) in [5.74, 6) is 1.03. The Morgan fingerprint density at radius 3 is 2.83 bits per heavy atom. The first-order valence-corrected chi connectivity index (χ1v) is 10.8. The third-order valence-corrected chi connectivity index (χ3v) is 5.94. The highest BCUT2D eigenvalue weighted by Gasteiger charge is 2.30. The van der Waals surface area contributed by atoms with Crippen LogP contribution < -0.4 is 10.6 Å². The van der Waals surface area contributed by atoms with Crippen LogP contribution in [0.5, 0.6) is 0 Å². The van der Waals surface area contributed by atoms with Gasteiger partial charge in [-0.3, -0.25) is 14.7 Å². The molecule has 3 rings (SSSR count). The summed E-state index contributed by atoms with van der Waals surface area (Å²) in [6.45, 7) is 10.4. The molecule has 1 aromatic carbocycles.